The normalized spacial score (nSPS) is 13.4. The van der Waals surface area contributed by atoms with Gasteiger partial charge in [-0.2, -0.15) is 16.7 Å². The Labute approximate surface area is 95.0 Å². The van der Waals surface area contributed by atoms with Crippen molar-refractivity contribution in [1.82, 2.24) is 10.1 Å². The van der Waals surface area contributed by atoms with Crippen LogP contribution in [0.15, 0.2) is 4.52 Å². The van der Waals surface area contributed by atoms with Gasteiger partial charge in [0.2, 0.25) is 5.89 Å². The Morgan fingerprint density at radius 3 is 2.73 bits per heavy atom. The third-order valence-corrected chi connectivity index (χ3v) is 3.31. The molecule has 1 atom stereocenters. The smallest absolute Gasteiger partial charge is 0.230 e. The second-order valence-corrected chi connectivity index (χ2v) is 5.12. The van der Waals surface area contributed by atoms with Crippen LogP contribution in [0.2, 0.25) is 0 Å². The van der Waals surface area contributed by atoms with Crippen molar-refractivity contribution in [2.45, 2.75) is 32.4 Å². The first-order chi connectivity index (χ1) is 7.13. The molecule has 4 nitrogen and oxygen atoms in total. The van der Waals surface area contributed by atoms with Crippen molar-refractivity contribution < 1.29 is 4.52 Å². The van der Waals surface area contributed by atoms with Crippen molar-refractivity contribution in [3.05, 3.63) is 11.7 Å². The Morgan fingerprint density at radius 2 is 2.13 bits per heavy atom. The van der Waals surface area contributed by atoms with Crippen LogP contribution < -0.4 is 5.73 Å². The molecule has 15 heavy (non-hydrogen) atoms. The van der Waals surface area contributed by atoms with Gasteiger partial charge in [0.15, 0.2) is 5.82 Å². The zero-order valence-electron chi connectivity index (χ0n) is 9.56. The minimum atomic E-state index is 0.154. The molecular formula is C10H19N3OS. The zero-order chi connectivity index (χ0) is 11.3. The molecule has 0 spiro atoms. The van der Waals surface area contributed by atoms with Crippen molar-refractivity contribution in [2.75, 3.05) is 12.3 Å². The molecule has 2 N–H and O–H groups in total. The third kappa shape index (κ3) is 4.22. The highest BCUT2D eigenvalue weighted by molar-refractivity contribution is 7.98. The predicted molar refractivity (Wildman–Crippen MR) is 62.8 cm³/mol. The van der Waals surface area contributed by atoms with Gasteiger partial charge in [0.25, 0.3) is 0 Å². The van der Waals surface area contributed by atoms with Crippen LogP contribution in [0.25, 0.3) is 0 Å². The van der Waals surface area contributed by atoms with Crippen LogP contribution in [0.5, 0.6) is 0 Å². The average Bonchev–Trinajstić information content (AvgIpc) is 2.65. The largest absolute Gasteiger partial charge is 0.339 e. The molecule has 86 valence electrons. The fraction of sp³-hybridized carbons (Fsp3) is 0.800. The lowest BCUT2D eigenvalue weighted by molar-refractivity contribution is 0.357. The predicted octanol–water partition coefficient (Wildman–Crippen LogP) is 2.02. The highest BCUT2D eigenvalue weighted by atomic mass is 32.2. The number of nitrogens with two attached hydrogens (primary N) is 1. The fourth-order valence-corrected chi connectivity index (χ4v) is 1.90. The van der Waals surface area contributed by atoms with E-state index in [4.69, 9.17) is 10.3 Å². The maximum atomic E-state index is 5.52. The van der Waals surface area contributed by atoms with Crippen LogP contribution >= 0.6 is 11.8 Å². The van der Waals surface area contributed by atoms with Gasteiger partial charge in [-0.25, -0.2) is 0 Å². The van der Waals surface area contributed by atoms with E-state index in [1.165, 1.54) is 0 Å². The number of rotatable bonds is 6. The van der Waals surface area contributed by atoms with Gasteiger partial charge in [-0.15, -0.1) is 0 Å². The molecule has 0 aliphatic rings. The number of hydrogen-bond donors (Lipinski definition) is 1. The summed E-state index contributed by atoms with van der Waals surface area (Å²) in [6, 6.07) is 0. The van der Waals surface area contributed by atoms with Crippen LogP contribution in [0.3, 0.4) is 0 Å². The highest BCUT2D eigenvalue weighted by Crippen LogP contribution is 2.16. The summed E-state index contributed by atoms with van der Waals surface area (Å²) in [4.78, 5) is 4.30. The van der Waals surface area contributed by atoms with E-state index in [-0.39, 0.29) is 5.92 Å². The average molecular weight is 229 g/mol. The van der Waals surface area contributed by atoms with Gasteiger partial charge in [0, 0.05) is 12.5 Å². The quantitative estimate of drug-likeness (QED) is 0.808. The van der Waals surface area contributed by atoms with Crippen molar-refractivity contribution in [3.8, 4) is 0 Å². The molecule has 0 saturated heterocycles. The van der Waals surface area contributed by atoms with Crippen LogP contribution in [0.1, 0.15) is 38.4 Å². The molecule has 1 heterocycles. The Bertz CT molecular complexity index is 288. The van der Waals surface area contributed by atoms with E-state index < -0.39 is 0 Å². The number of hydrogen-bond acceptors (Lipinski definition) is 5. The molecule has 1 aromatic heterocycles. The molecule has 0 saturated carbocycles. The van der Waals surface area contributed by atoms with Crippen LogP contribution in [-0.2, 0) is 5.75 Å². The van der Waals surface area contributed by atoms with Crippen LogP contribution in [0, 0.1) is 5.92 Å². The molecule has 0 bridgehead atoms. The first kappa shape index (κ1) is 12.5. The summed E-state index contributed by atoms with van der Waals surface area (Å²) in [5.41, 5.74) is 5.52. The minimum absolute atomic E-state index is 0.154. The minimum Gasteiger partial charge on any atom is -0.339 e. The summed E-state index contributed by atoms with van der Waals surface area (Å²) in [5, 5.41) is 3.92. The van der Waals surface area contributed by atoms with Crippen molar-refractivity contribution >= 4 is 11.8 Å². The van der Waals surface area contributed by atoms with Gasteiger partial charge < -0.3 is 10.3 Å². The second-order valence-electron chi connectivity index (χ2n) is 4.09. The van der Waals surface area contributed by atoms with E-state index in [2.05, 4.69) is 24.0 Å². The monoisotopic (exact) mass is 229 g/mol. The first-order valence-electron chi connectivity index (χ1n) is 5.23. The molecule has 5 heteroatoms. The SMILES string of the molecule is CC(C)CSCc1noc(C(C)CN)n1. The van der Waals surface area contributed by atoms with Crippen molar-refractivity contribution in [1.29, 1.82) is 0 Å². The maximum Gasteiger partial charge on any atom is 0.230 e. The molecule has 0 aliphatic heterocycles. The van der Waals surface area contributed by atoms with Gasteiger partial charge in [-0.1, -0.05) is 25.9 Å². The van der Waals surface area contributed by atoms with E-state index in [1.807, 2.05) is 18.7 Å². The summed E-state index contributed by atoms with van der Waals surface area (Å²) < 4.78 is 5.12. The fourth-order valence-electron chi connectivity index (χ4n) is 1.01. The summed E-state index contributed by atoms with van der Waals surface area (Å²) in [6.07, 6.45) is 0. The van der Waals surface area contributed by atoms with Gasteiger partial charge in [0.1, 0.15) is 0 Å². The molecule has 0 radical (unpaired) electrons. The van der Waals surface area contributed by atoms with E-state index in [9.17, 15) is 0 Å². The van der Waals surface area contributed by atoms with E-state index in [0.717, 1.165) is 17.3 Å². The van der Waals surface area contributed by atoms with E-state index >= 15 is 0 Å². The van der Waals surface area contributed by atoms with Gasteiger partial charge in [0.05, 0.1) is 5.75 Å². The summed E-state index contributed by atoms with van der Waals surface area (Å²) in [6.45, 7) is 6.93. The van der Waals surface area contributed by atoms with Gasteiger partial charge >= 0.3 is 0 Å². The lowest BCUT2D eigenvalue weighted by Gasteiger charge is -2.01. The summed E-state index contributed by atoms with van der Waals surface area (Å²) in [5.74, 6) is 4.22. The topological polar surface area (TPSA) is 64.9 Å². The second kappa shape index (κ2) is 6.12. The Kier molecular flexibility index (Phi) is 5.11. The van der Waals surface area contributed by atoms with Crippen molar-refractivity contribution in [3.63, 3.8) is 0 Å². The lowest BCUT2D eigenvalue weighted by atomic mass is 10.2. The molecular weight excluding hydrogens is 210 g/mol. The molecule has 0 aliphatic carbocycles. The Balaban J connectivity index is 2.39. The number of thioether (sulfide) groups is 1. The number of nitrogens with zero attached hydrogens (tertiary/aromatic N) is 2. The molecule has 1 aromatic rings. The molecule has 0 fully saturated rings. The Morgan fingerprint density at radius 1 is 1.40 bits per heavy atom. The molecule has 0 amide bonds. The van der Waals surface area contributed by atoms with Gasteiger partial charge in [-0.3, -0.25) is 0 Å². The molecule has 1 unspecified atom stereocenters. The van der Waals surface area contributed by atoms with Crippen molar-refractivity contribution in [2.24, 2.45) is 11.7 Å². The maximum absolute atomic E-state index is 5.52. The van der Waals surface area contributed by atoms with E-state index in [1.54, 1.807) is 0 Å². The molecule has 0 aromatic carbocycles. The lowest BCUT2D eigenvalue weighted by Crippen LogP contribution is -2.09. The summed E-state index contributed by atoms with van der Waals surface area (Å²) in [7, 11) is 0. The van der Waals surface area contributed by atoms with Crippen LogP contribution in [-0.4, -0.2) is 22.4 Å². The zero-order valence-corrected chi connectivity index (χ0v) is 10.4. The number of aromatic nitrogens is 2. The standard InChI is InChI=1S/C10H19N3OS/c1-7(2)5-15-6-9-12-10(14-13-9)8(3)4-11/h7-8H,4-6,11H2,1-3H3. The summed E-state index contributed by atoms with van der Waals surface area (Å²) >= 11 is 1.83. The van der Waals surface area contributed by atoms with Gasteiger partial charge in [-0.05, 0) is 11.7 Å². The van der Waals surface area contributed by atoms with E-state index in [0.29, 0.717) is 18.4 Å². The third-order valence-electron chi connectivity index (χ3n) is 1.94. The Hall–Kier alpha value is -0.550. The highest BCUT2D eigenvalue weighted by Gasteiger charge is 2.12. The molecule has 1 rings (SSSR count). The first-order valence-corrected chi connectivity index (χ1v) is 6.39. The van der Waals surface area contributed by atoms with Crippen LogP contribution in [0.4, 0.5) is 0 Å².